The Kier molecular flexibility index (Phi) is 12.4. The Labute approximate surface area is 173 Å². The number of carboxylic acids is 1. The van der Waals surface area contributed by atoms with E-state index in [9.17, 15) is 24.3 Å². The molecule has 0 bridgehead atoms. The lowest BCUT2D eigenvalue weighted by Crippen LogP contribution is -2.58. The van der Waals surface area contributed by atoms with Gasteiger partial charge in [0.1, 0.15) is 18.1 Å². The highest BCUT2D eigenvalue weighted by Gasteiger charge is 2.29. The molecule has 0 heterocycles. The lowest BCUT2D eigenvalue weighted by Gasteiger charge is -2.23. The van der Waals surface area contributed by atoms with Crippen LogP contribution in [0.3, 0.4) is 0 Å². The van der Waals surface area contributed by atoms with Crippen molar-refractivity contribution in [2.75, 3.05) is 18.9 Å². The molecule has 4 unspecified atom stereocenters. The maximum absolute atomic E-state index is 12.5. The first-order valence-electron chi connectivity index (χ1n) is 8.70. The smallest absolute Gasteiger partial charge is 0.327 e. The first-order valence-corrected chi connectivity index (χ1v) is 9.33. The summed E-state index contributed by atoms with van der Waals surface area (Å²) in [4.78, 5) is 51.3. The van der Waals surface area contributed by atoms with Gasteiger partial charge in [-0.05, 0) is 19.8 Å². The van der Waals surface area contributed by atoms with Crippen LogP contribution in [-0.2, 0) is 19.2 Å². The number of aliphatic hydroxyl groups excluding tert-OH is 1. The third kappa shape index (κ3) is 10.5. The number of hydrogen-bond donors (Lipinski definition) is 9. The molecule has 0 saturated heterocycles. The standard InChI is InChI=1S/C15H29N7O6S/c1-7(16)11(24)20-8(3-2-4-19-15(17)18)12(25)21-9(5-23)13(26)22-10(6-29)14(27)28/h7-10,23,29H,2-6,16H2,1H3,(H,20,24)(H,21,25)(H,22,26)(H,27,28)(H4,17,18,19). The summed E-state index contributed by atoms with van der Waals surface area (Å²) in [5.41, 5.74) is 15.9. The maximum atomic E-state index is 12.5. The number of hydrogen-bond acceptors (Lipinski definition) is 8. The van der Waals surface area contributed by atoms with Crippen LogP contribution in [-0.4, -0.2) is 82.9 Å². The Balaban J connectivity index is 5.11. The fourth-order valence-electron chi connectivity index (χ4n) is 2.00. The Morgan fingerprint density at radius 2 is 1.52 bits per heavy atom. The van der Waals surface area contributed by atoms with Crippen molar-refractivity contribution in [1.29, 1.82) is 0 Å². The Morgan fingerprint density at radius 3 is 1.97 bits per heavy atom. The molecule has 13 nitrogen and oxygen atoms in total. The second-order valence-corrected chi connectivity index (χ2v) is 6.49. The number of thiol groups is 1. The normalized spacial score (nSPS) is 14.6. The van der Waals surface area contributed by atoms with Crippen molar-refractivity contribution in [2.45, 2.75) is 43.9 Å². The zero-order valence-electron chi connectivity index (χ0n) is 16.0. The number of nitrogens with two attached hydrogens (primary N) is 3. The lowest BCUT2D eigenvalue weighted by molar-refractivity contribution is -0.142. The molecule has 29 heavy (non-hydrogen) atoms. The van der Waals surface area contributed by atoms with Crippen LogP contribution in [0.4, 0.5) is 0 Å². The molecule has 0 rings (SSSR count). The minimum absolute atomic E-state index is 0.120. The van der Waals surface area contributed by atoms with E-state index in [2.05, 4.69) is 33.6 Å². The van der Waals surface area contributed by atoms with Crippen LogP contribution in [0.15, 0.2) is 4.99 Å². The topological polar surface area (TPSA) is 235 Å². The quantitative estimate of drug-likeness (QED) is 0.0590. The predicted molar refractivity (Wildman–Crippen MR) is 108 cm³/mol. The van der Waals surface area contributed by atoms with Gasteiger partial charge >= 0.3 is 5.97 Å². The van der Waals surface area contributed by atoms with Gasteiger partial charge in [0.05, 0.1) is 12.6 Å². The number of carbonyl (C=O) groups excluding carboxylic acids is 3. The molecule has 0 aromatic carbocycles. The molecule has 0 aliphatic carbocycles. The molecular weight excluding hydrogens is 406 g/mol. The predicted octanol–water partition coefficient (Wildman–Crippen LogP) is -4.15. The second kappa shape index (κ2) is 13.6. The number of aliphatic imine (C=N–C) groups is 1. The summed E-state index contributed by atoms with van der Waals surface area (Å²) in [7, 11) is 0. The minimum Gasteiger partial charge on any atom is -0.480 e. The lowest BCUT2D eigenvalue weighted by atomic mass is 10.1. The average molecular weight is 436 g/mol. The van der Waals surface area contributed by atoms with Crippen LogP contribution in [0.25, 0.3) is 0 Å². The van der Waals surface area contributed by atoms with E-state index in [1.807, 2.05) is 0 Å². The van der Waals surface area contributed by atoms with E-state index < -0.39 is 54.5 Å². The number of carboxylic acid groups (broad SMARTS) is 1. The molecule has 0 aromatic rings. The highest BCUT2D eigenvalue weighted by atomic mass is 32.1. The van der Waals surface area contributed by atoms with Crippen LogP contribution < -0.4 is 33.2 Å². The van der Waals surface area contributed by atoms with Crippen molar-refractivity contribution in [2.24, 2.45) is 22.2 Å². The monoisotopic (exact) mass is 435 g/mol. The Hall–Kier alpha value is -2.58. The Morgan fingerprint density at radius 1 is 1.00 bits per heavy atom. The number of guanidine groups is 1. The molecule has 0 spiro atoms. The van der Waals surface area contributed by atoms with Crippen molar-refractivity contribution in [3.63, 3.8) is 0 Å². The minimum atomic E-state index is -1.43. The SMILES string of the molecule is CC(N)C(=O)NC(CCCN=C(N)N)C(=O)NC(CO)C(=O)NC(CS)C(=O)O. The molecule has 0 aromatic heterocycles. The largest absolute Gasteiger partial charge is 0.480 e. The molecule has 14 heteroatoms. The molecule has 3 amide bonds. The van der Waals surface area contributed by atoms with E-state index >= 15 is 0 Å². The van der Waals surface area contributed by atoms with Crippen LogP contribution in [0, 0.1) is 0 Å². The number of amides is 3. The third-order valence-electron chi connectivity index (χ3n) is 3.60. The summed E-state index contributed by atoms with van der Waals surface area (Å²) in [6.45, 7) is 0.835. The van der Waals surface area contributed by atoms with Crippen LogP contribution in [0.2, 0.25) is 0 Å². The average Bonchev–Trinajstić information content (AvgIpc) is 2.65. The van der Waals surface area contributed by atoms with Crippen molar-refractivity contribution >= 4 is 42.3 Å². The fourth-order valence-corrected chi connectivity index (χ4v) is 2.25. The summed E-state index contributed by atoms with van der Waals surface area (Å²) in [5.74, 6) is -3.92. The zero-order chi connectivity index (χ0) is 22.6. The molecule has 0 aliphatic rings. The molecule has 0 radical (unpaired) electrons. The van der Waals surface area contributed by atoms with Gasteiger partial charge in [0.15, 0.2) is 5.96 Å². The van der Waals surface area contributed by atoms with Crippen molar-refractivity contribution in [3.8, 4) is 0 Å². The molecule has 0 aliphatic heterocycles. The van der Waals surface area contributed by atoms with E-state index in [4.69, 9.17) is 22.3 Å². The van der Waals surface area contributed by atoms with Crippen molar-refractivity contribution < 1.29 is 29.4 Å². The van der Waals surface area contributed by atoms with Gasteiger partial charge in [-0.25, -0.2) is 4.79 Å². The number of nitrogens with zero attached hydrogens (tertiary/aromatic N) is 1. The summed E-state index contributed by atoms with van der Waals surface area (Å²) < 4.78 is 0. The van der Waals surface area contributed by atoms with E-state index in [1.54, 1.807) is 0 Å². The van der Waals surface area contributed by atoms with Crippen LogP contribution >= 0.6 is 12.6 Å². The van der Waals surface area contributed by atoms with E-state index in [1.165, 1.54) is 6.92 Å². The zero-order valence-corrected chi connectivity index (χ0v) is 16.9. The van der Waals surface area contributed by atoms with Crippen molar-refractivity contribution in [1.82, 2.24) is 16.0 Å². The van der Waals surface area contributed by atoms with E-state index in [0.717, 1.165) is 0 Å². The van der Waals surface area contributed by atoms with Gasteiger partial charge in [0.2, 0.25) is 17.7 Å². The van der Waals surface area contributed by atoms with Gasteiger partial charge < -0.3 is 43.4 Å². The molecule has 4 atom stereocenters. The summed E-state index contributed by atoms with van der Waals surface area (Å²) in [6, 6.07) is -4.70. The highest BCUT2D eigenvalue weighted by molar-refractivity contribution is 7.80. The van der Waals surface area contributed by atoms with E-state index in [0.29, 0.717) is 6.42 Å². The number of carbonyl (C=O) groups is 4. The van der Waals surface area contributed by atoms with E-state index in [-0.39, 0.29) is 24.7 Å². The van der Waals surface area contributed by atoms with Gasteiger partial charge in [-0.2, -0.15) is 12.6 Å². The number of aliphatic hydroxyl groups is 1. The van der Waals surface area contributed by atoms with Gasteiger partial charge in [0, 0.05) is 12.3 Å². The second-order valence-electron chi connectivity index (χ2n) is 6.12. The first kappa shape index (κ1) is 26.4. The van der Waals surface area contributed by atoms with Gasteiger partial charge in [-0.1, -0.05) is 0 Å². The van der Waals surface area contributed by atoms with Crippen LogP contribution in [0.5, 0.6) is 0 Å². The molecule has 166 valence electrons. The number of aliphatic carboxylic acids is 1. The van der Waals surface area contributed by atoms with Crippen LogP contribution in [0.1, 0.15) is 19.8 Å². The summed E-state index contributed by atoms with van der Waals surface area (Å²) in [5, 5.41) is 25.2. The highest BCUT2D eigenvalue weighted by Crippen LogP contribution is 2.01. The summed E-state index contributed by atoms with van der Waals surface area (Å²) >= 11 is 3.82. The third-order valence-corrected chi connectivity index (χ3v) is 3.97. The Bertz CT molecular complexity index is 612. The molecule has 0 saturated carbocycles. The maximum Gasteiger partial charge on any atom is 0.327 e. The first-order chi connectivity index (χ1) is 13.5. The molecule has 0 fully saturated rings. The molecular formula is C15H29N7O6S. The van der Waals surface area contributed by atoms with Gasteiger partial charge in [-0.15, -0.1) is 0 Å². The van der Waals surface area contributed by atoms with Crippen molar-refractivity contribution in [3.05, 3.63) is 0 Å². The fraction of sp³-hybridized carbons (Fsp3) is 0.667. The number of rotatable bonds is 13. The van der Waals surface area contributed by atoms with Gasteiger partial charge in [0.25, 0.3) is 0 Å². The summed E-state index contributed by atoms with van der Waals surface area (Å²) in [6.07, 6.45) is 0.446. The number of nitrogens with one attached hydrogen (secondary N) is 3. The van der Waals surface area contributed by atoms with Gasteiger partial charge in [-0.3, -0.25) is 19.4 Å². The molecule has 11 N–H and O–H groups in total.